The van der Waals surface area contributed by atoms with E-state index in [0.29, 0.717) is 16.7 Å². The Morgan fingerprint density at radius 3 is 2.81 bits per heavy atom. The van der Waals surface area contributed by atoms with Gasteiger partial charge in [-0.1, -0.05) is 12.1 Å². The highest BCUT2D eigenvalue weighted by molar-refractivity contribution is 5.78. The lowest BCUT2D eigenvalue weighted by Crippen LogP contribution is -2.28. The van der Waals surface area contributed by atoms with Crippen LogP contribution in [0.4, 0.5) is 4.39 Å². The van der Waals surface area contributed by atoms with Crippen molar-refractivity contribution in [1.29, 1.82) is 0 Å². The van der Waals surface area contributed by atoms with Gasteiger partial charge in [0.25, 0.3) is 11.5 Å². The number of halogens is 1. The Labute approximate surface area is 152 Å². The van der Waals surface area contributed by atoms with Gasteiger partial charge in [-0.2, -0.15) is 4.98 Å². The Morgan fingerprint density at radius 2 is 2.00 bits per heavy atom. The molecule has 1 amide bonds. The fourth-order valence-electron chi connectivity index (χ4n) is 2.72. The largest absolute Gasteiger partial charge is 0.468 e. The van der Waals surface area contributed by atoms with Crippen molar-refractivity contribution >= 4 is 22.6 Å². The molecule has 1 aromatic carbocycles. The van der Waals surface area contributed by atoms with Crippen molar-refractivity contribution in [2.24, 2.45) is 0 Å². The van der Waals surface area contributed by atoms with Crippen LogP contribution in [0.3, 0.4) is 0 Å². The second kappa shape index (κ2) is 6.91. The average Bonchev–Trinajstić information content (AvgIpc) is 3.17. The summed E-state index contributed by atoms with van der Waals surface area (Å²) >= 11 is 0. The van der Waals surface area contributed by atoms with E-state index in [1.165, 1.54) is 12.1 Å². The maximum atomic E-state index is 12.9. The predicted molar refractivity (Wildman–Crippen MR) is 97.1 cm³/mol. The van der Waals surface area contributed by atoms with Crippen LogP contribution < -0.4 is 15.6 Å². The van der Waals surface area contributed by atoms with Crippen LogP contribution in [-0.4, -0.2) is 26.9 Å². The number of hydrogen-bond acceptors (Lipinski definition) is 4. The summed E-state index contributed by atoms with van der Waals surface area (Å²) in [6.07, 6.45) is 1.74. The lowest BCUT2D eigenvalue weighted by Gasteiger charge is -2.08. The molecule has 136 valence electrons. The number of H-pyrrole nitrogens is 1. The number of aromatic amines is 1. The van der Waals surface area contributed by atoms with Crippen molar-refractivity contribution in [2.75, 3.05) is 6.61 Å². The standard InChI is InChI=1S/C19H15FN4O3/c20-13-5-3-12(4-6-13)10-21-16(25)11-27-17-8-7-14-18(23-17)24-9-1-2-15(24)19(26)22-14/h1-9H,10-11H2,(H,21,25)(H,22,26). The molecular weight excluding hydrogens is 351 g/mol. The first kappa shape index (κ1) is 16.8. The maximum Gasteiger partial charge on any atom is 0.272 e. The number of carbonyl (C=O) groups is 1. The Morgan fingerprint density at radius 1 is 1.19 bits per heavy atom. The van der Waals surface area contributed by atoms with E-state index in [0.717, 1.165) is 5.56 Å². The van der Waals surface area contributed by atoms with Crippen molar-refractivity contribution in [3.8, 4) is 5.88 Å². The van der Waals surface area contributed by atoms with Crippen molar-refractivity contribution in [1.82, 2.24) is 19.7 Å². The molecule has 0 aliphatic rings. The van der Waals surface area contributed by atoms with E-state index < -0.39 is 0 Å². The zero-order chi connectivity index (χ0) is 18.8. The molecule has 0 aliphatic heterocycles. The normalized spacial score (nSPS) is 11.0. The van der Waals surface area contributed by atoms with Gasteiger partial charge >= 0.3 is 0 Å². The molecule has 4 aromatic rings. The summed E-state index contributed by atoms with van der Waals surface area (Å²) < 4.78 is 20.0. The Kier molecular flexibility index (Phi) is 4.29. The van der Waals surface area contributed by atoms with Gasteiger partial charge in [-0.05, 0) is 35.9 Å². The van der Waals surface area contributed by atoms with Crippen LogP contribution in [0.1, 0.15) is 5.56 Å². The number of amides is 1. The van der Waals surface area contributed by atoms with Gasteiger partial charge in [0.2, 0.25) is 5.88 Å². The smallest absolute Gasteiger partial charge is 0.272 e. The first-order valence-electron chi connectivity index (χ1n) is 8.24. The van der Waals surface area contributed by atoms with E-state index in [9.17, 15) is 14.0 Å². The molecule has 27 heavy (non-hydrogen) atoms. The van der Waals surface area contributed by atoms with Gasteiger partial charge < -0.3 is 15.0 Å². The van der Waals surface area contributed by atoms with Gasteiger partial charge in [-0.3, -0.25) is 14.0 Å². The van der Waals surface area contributed by atoms with Gasteiger partial charge in [0.1, 0.15) is 11.3 Å². The first-order valence-corrected chi connectivity index (χ1v) is 8.24. The van der Waals surface area contributed by atoms with Crippen LogP contribution >= 0.6 is 0 Å². The fourth-order valence-corrected chi connectivity index (χ4v) is 2.72. The van der Waals surface area contributed by atoms with Crippen LogP contribution in [0.25, 0.3) is 16.7 Å². The average molecular weight is 366 g/mol. The number of rotatable bonds is 5. The Balaban J connectivity index is 1.44. The summed E-state index contributed by atoms with van der Waals surface area (Å²) in [4.78, 5) is 31.0. The summed E-state index contributed by atoms with van der Waals surface area (Å²) in [6, 6.07) is 12.6. The number of nitrogens with zero attached hydrogens (tertiary/aromatic N) is 2. The summed E-state index contributed by atoms with van der Waals surface area (Å²) in [5, 5.41) is 2.69. The van der Waals surface area contributed by atoms with Crippen LogP contribution in [0.5, 0.6) is 5.88 Å². The molecule has 0 saturated carbocycles. The second-order valence-electron chi connectivity index (χ2n) is 5.93. The molecule has 8 heteroatoms. The highest BCUT2D eigenvalue weighted by atomic mass is 19.1. The Hall–Kier alpha value is -3.68. The highest BCUT2D eigenvalue weighted by Crippen LogP contribution is 2.15. The number of fused-ring (bicyclic) bond motifs is 3. The molecule has 7 nitrogen and oxygen atoms in total. The van der Waals surface area contributed by atoms with Crippen LogP contribution in [0.15, 0.2) is 59.5 Å². The van der Waals surface area contributed by atoms with E-state index in [1.807, 2.05) is 0 Å². The molecule has 0 spiro atoms. The topological polar surface area (TPSA) is 88.5 Å². The third-order valence-electron chi connectivity index (χ3n) is 4.06. The third kappa shape index (κ3) is 3.50. The molecule has 0 radical (unpaired) electrons. The number of benzene rings is 1. The number of nitrogens with one attached hydrogen (secondary N) is 2. The Bertz CT molecular complexity index is 1180. The van der Waals surface area contributed by atoms with Crippen LogP contribution in [-0.2, 0) is 11.3 Å². The molecule has 0 atom stereocenters. The first-order chi connectivity index (χ1) is 13.1. The van der Waals surface area contributed by atoms with Crippen LogP contribution in [0, 0.1) is 5.82 Å². The van der Waals surface area contributed by atoms with Gasteiger partial charge in [0.15, 0.2) is 12.3 Å². The summed E-state index contributed by atoms with van der Waals surface area (Å²) in [7, 11) is 0. The zero-order valence-corrected chi connectivity index (χ0v) is 14.1. The lowest BCUT2D eigenvalue weighted by atomic mass is 10.2. The third-order valence-corrected chi connectivity index (χ3v) is 4.06. The summed E-state index contributed by atoms with van der Waals surface area (Å²) in [5.74, 6) is -0.385. The van der Waals surface area contributed by atoms with Gasteiger partial charge in [-0.15, -0.1) is 0 Å². The minimum absolute atomic E-state index is 0.205. The summed E-state index contributed by atoms with van der Waals surface area (Å²) in [5.41, 5.74) is 2.15. The zero-order valence-electron chi connectivity index (χ0n) is 14.1. The molecule has 3 aromatic heterocycles. The number of hydrogen-bond donors (Lipinski definition) is 2. The molecule has 0 unspecified atom stereocenters. The molecule has 4 rings (SSSR count). The molecule has 3 heterocycles. The predicted octanol–water partition coefficient (Wildman–Crippen LogP) is 2.01. The quantitative estimate of drug-likeness (QED) is 0.566. The molecule has 0 aliphatic carbocycles. The fraction of sp³-hybridized carbons (Fsp3) is 0.105. The van der Waals surface area contributed by atoms with Gasteiger partial charge in [0, 0.05) is 18.8 Å². The van der Waals surface area contributed by atoms with Crippen molar-refractivity contribution in [3.05, 3.63) is 76.5 Å². The lowest BCUT2D eigenvalue weighted by molar-refractivity contribution is -0.123. The minimum atomic E-state index is -0.325. The van der Waals surface area contributed by atoms with E-state index in [1.54, 1.807) is 47.0 Å². The van der Waals surface area contributed by atoms with E-state index in [-0.39, 0.29) is 36.3 Å². The highest BCUT2D eigenvalue weighted by Gasteiger charge is 2.09. The molecule has 2 N–H and O–H groups in total. The molecule has 0 bridgehead atoms. The van der Waals surface area contributed by atoms with Crippen molar-refractivity contribution < 1.29 is 13.9 Å². The maximum absolute atomic E-state index is 12.9. The monoisotopic (exact) mass is 366 g/mol. The van der Waals surface area contributed by atoms with Gasteiger partial charge in [-0.25, -0.2) is 4.39 Å². The van der Waals surface area contributed by atoms with Crippen molar-refractivity contribution in [2.45, 2.75) is 6.54 Å². The summed E-state index contributed by atoms with van der Waals surface area (Å²) in [6.45, 7) is 0.0662. The molecule has 0 saturated heterocycles. The number of carbonyl (C=O) groups excluding carboxylic acids is 1. The minimum Gasteiger partial charge on any atom is -0.468 e. The number of pyridine rings is 1. The second-order valence-corrected chi connectivity index (χ2v) is 5.93. The van der Waals surface area contributed by atoms with Gasteiger partial charge in [0.05, 0.1) is 5.52 Å². The van der Waals surface area contributed by atoms with E-state index in [4.69, 9.17) is 4.74 Å². The van der Waals surface area contributed by atoms with E-state index in [2.05, 4.69) is 15.3 Å². The van der Waals surface area contributed by atoms with Crippen LogP contribution in [0.2, 0.25) is 0 Å². The number of aromatic nitrogens is 3. The number of ether oxygens (including phenoxy) is 1. The van der Waals surface area contributed by atoms with E-state index >= 15 is 0 Å². The molecular formula is C19H15FN4O3. The van der Waals surface area contributed by atoms with Crippen molar-refractivity contribution in [3.63, 3.8) is 0 Å². The SMILES string of the molecule is O=C(COc1ccc2[nH]c(=O)c3cccn3c2n1)NCc1ccc(F)cc1. The molecule has 0 fully saturated rings.